The van der Waals surface area contributed by atoms with E-state index in [2.05, 4.69) is 81.4 Å². The number of fused-ring (bicyclic) bond motifs is 2. The number of ether oxygens (including phenoxy) is 5. The van der Waals surface area contributed by atoms with Crippen LogP contribution in [0.1, 0.15) is 32.8 Å². The molecular weight excluding hydrogens is 758 g/mol. The maximum atomic E-state index is 7.32. The van der Waals surface area contributed by atoms with Crippen LogP contribution in [0, 0.1) is 43.6 Å². The third-order valence-corrected chi connectivity index (χ3v) is 13.1. The zero-order valence-electron chi connectivity index (χ0n) is 24.5. The summed E-state index contributed by atoms with van der Waals surface area (Å²) in [5, 5.41) is 2.32. The van der Waals surface area contributed by atoms with Crippen LogP contribution in [0.4, 0.5) is 0 Å². The van der Waals surface area contributed by atoms with Gasteiger partial charge in [-0.2, -0.15) is 0 Å². The van der Waals surface area contributed by atoms with Crippen molar-refractivity contribution < 1.29 is 59.2 Å². The van der Waals surface area contributed by atoms with Crippen molar-refractivity contribution in [2.24, 2.45) is 5.92 Å². The van der Waals surface area contributed by atoms with Gasteiger partial charge >= 0.3 is 0 Å². The number of hydrogen-bond donors (Lipinski definition) is 0. The Bertz CT molecular complexity index is 1150. The van der Waals surface area contributed by atoms with Crippen molar-refractivity contribution in [3.63, 3.8) is 0 Å². The molecule has 218 valence electrons. The summed E-state index contributed by atoms with van der Waals surface area (Å²) in [5.41, 5.74) is 0.418. The standard InChI is InChI=1S/C33H41O6Si.U/c1-32(2,3)40(27-16-10-6-11-17-27,28-18-12-7-13-19-28)39-23-33-20-30(36-24-34-4)29(22-38-33)31(33)37-25-35-21-26-14-8-5-9-15-26;/h5-19,22,29-31H,20-21,23-25H2,1-4H3;/q-1;. The van der Waals surface area contributed by atoms with Crippen molar-refractivity contribution in [2.75, 3.05) is 27.3 Å². The fraction of sp³-hybridized carbons (Fsp3) is 0.424. The molecule has 1 saturated heterocycles. The molecule has 0 amide bonds. The smallest absolute Gasteiger partial charge is 0.261 e. The molecule has 1 heterocycles. The van der Waals surface area contributed by atoms with Crippen LogP contribution in [0.2, 0.25) is 5.04 Å². The first-order valence-corrected chi connectivity index (χ1v) is 15.9. The quantitative estimate of drug-likeness (QED) is 0.104. The zero-order chi connectivity index (χ0) is 28.1. The Labute approximate surface area is 269 Å². The number of benzene rings is 3. The van der Waals surface area contributed by atoms with Crippen molar-refractivity contribution in [1.82, 2.24) is 0 Å². The predicted octanol–water partition coefficient (Wildman–Crippen LogP) is 5.06. The van der Waals surface area contributed by atoms with Crippen LogP contribution in [-0.4, -0.2) is 53.4 Å². The summed E-state index contributed by atoms with van der Waals surface area (Å²) < 4.78 is 37.4. The van der Waals surface area contributed by atoms with Crippen molar-refractivity contribution in [3.8, 4) is 0 Å². The van der Waals surface area contributed by atoms with Crippen molar-refractivity contribution in [3.05, 3.63) is 103 Å². The van der Waals surface area contributed by atoms with Gasteiger partial charge in [-0.25, -0.2) is 6.61 Å². The van der Waals surface area contributed by atoms with Crippen molar-refractivity contribution >= 4 is 18.7 Å². The summed E-state index contributed by atoms with van der Waals surface area (Å²) >= 11 is 0. The fourth-order valence-electron chi connectivity index (χ4n) is 6.24. The second kappa shape index (κ2) is 14.4. The molecule has 2 aliphatic rings. The molecule has 4 atom stereocenters. The second-order valence-corrected chi connectivity index (χ2v) is 16.0. The molecule has 3 aromatic rings. The first kappa shape index (κ1) is 32.6. The SMILES string of the molecule is COCOC1CC2(CO[Si](c3ccccc3)(c3ccccc3)C(C)(C)C)O[CH-]C1C2OCOCc1ccccc1.[U]. The van der Waals surface area contributed by atoms with E-state index in [1.807, 2.05) is 36.9 Å². The van der Waals surface area contributed by atoms with Crippen LogP contribution in [0.3, 0.4) is 0 Å². The molecule has 41 heavy (non-hydrogen) atoms. The monoisotopic (exact) mass is 799 g/mol. The average Bonchev–Trinajstić information content (AvgIpc) is 3.47. The molecule has 1 aliphatic carbocycles. The molecule has 0 N–H and O–H groups in total. The summed E-state index contributed by atoms with van der Waals surface area (Å²) in [6, 6.07) is 31.4. The Kier molecular flexibility index (Phi) is 11.5. The van der Waals surface area contributed by atoms with Gasteiger partial charge in [-0.3, -0.25) is 0 Å². The van der Waals surface area contributed by atoms with E-state index in [9.17, 15) is 0 Å². The second-order valence-electron chi connectivity index (χ2n) is 11.7. The van der Waals surface area contributed by atoms with E-state index in [1.54, 1.807) is 7.11 Å². The largest absolute Gasteiger partial charge is 0.543 e. The summed E-state index contributed by atoms with van der Waals surface area (Å²) in [6.07, 6.45) is 0.304. The molecule has 2 bridgehead atoms. The summed E-state index contributed by atoms with van der Waals surface area (Å²) in [6.45, 7) is 9.97. The van der Waals surface area contributed by atoms with Gasteiger partial charge in [0.1, 0.15) is 13.6 Å². The molecule has 2 fully saturated rings. The van der Waals surface area contributed by atoms with Crippen LogP contribution in [0.25, 0.3) is 0 Å². The van der Waals surface area contributed by atoms with E-state index in [1.165, 1.54) is 10.4 Å². The number of methoxy groups -OCH3 is 1. The van der Waals surface area contributed by atoms with Crippen LogP contribution in [0.5, 0.6) is 0 Å². The maximum Gasteiger partial charge on any atom is 0.261 e. The van der Waals surface area contributed by atoms with Gasteiger partial charge < -0.3 is 28.1 Å². The topological polar surface area (TPSA) is 55.4 Å². The molecule has 3 aromatic carbocycles. The Hall–Kier alpha value is -1.31. The van der Waals surface area contributed by atoms with Crippen LogP contribution in [-0.2, 0) is 34.7 Å². The molecule has 5 rings (SSSR count). The Morgan fingerprint density at radius 2 is 1.44 bits per heavy atom. The van der Waals surface area contributed by atoms with Crippen LogP contribution >= 0.6 is 0 Å². The molecule has 0 aromatic heterocycles. The average molecular weight is 800 g/mol. The fourth-order valence-corrected chi connectivity index (χ4v) is 10.9. The minimum Gasteiger partial charge on any atom is -0.543 e. The van der Waals surface area contributed by atoms with Crippen LogP contribution in [0.15, 0.2) is 91.0 Å². The summed E-state index contributed by atoms with van der Waals surface area (Å²) in [4.78, 5) is 0. The molecular formula is C33H41O6SiU-. The molecule has 4 unspecified atom stereocenters. The predicted molar refractivity (Wildman–Crippen MR) is 158 cm³/mol. The number of rotatable bonds is 13. The van der Waals surface area contributed by atoms with E-state index in [4.69, 9.17) is 28.1 Å². The zero-order valence-corrected chi connectivity index (χ0v) is 29.6. The van der Waals surface area contributed by atoms with Crippen molar-refractivity contribution in [1.29, 1.82) is 0 Å². The minimum atomic E-state index is -2.77. The van der Waals surface area contributed by atoms with Gasteiger partial charge in [0.2, 0.25) is 0 Å². The number of hydrogen-bond acceptors (Lipinski definition) is 6. The third-order valence-electron chi connectivity index (χ3n) is 8.10. The minimum absolute atomic E-state index is 0. The van der Waals surface area contributed by atoms with E-state index < -0.39 is 13.9 Å². The first-order valence-electron chi connectivity index (χ1n) is 14.0. The van der Waals surface area contributed by atoms with E-state index >= 15 is 0 Å². The van der Waals surface area contributed by atoms with Crippen LogP contribution < -0.4 is 10.4 Å². The Morgan fingerprint density at radius 3 is 2.00 bits per heavy atom. The van der Waals surface area contributed by atoms with Gasteiger partial charge in [0.15, 0.2) is 0 Å². The van der Waals surface area contributed by atoms with Gasteiger partial charge in [0.25, 0.3) is 8.32 Å². The summed E-state index contributed by atoms with van der Waals surface area (Å²) in [5.74, 6) is -0.0433. The molecule has 8 heteroatoms. The van der Waals surface area contributed by atoms with E-state index in [0.717, 1.165) is 5.56 Å². The van der Waals surface area contributed by atoms with Gasteiger partial charge in [-0.1, -0.05) is 118 Å². The maximum absolute atomic E-state index is 7.32. The van der Waals surface area contributed by atoms with Gasteiger partial charge in [0, 0.05) is 50.7 Å². The Morgan fingerprint density at radius 1 is 0.854 bits per heavy atom. The van der Waals surface area contributed by atoms with E-state index in [-0.39, 0.29) is 67.9 Å². The van der Waals surface area contributed by atoms with Gasteiger partial charge in [-0.15, -0.1) is 0 Å². The molecule has 0 radical (unpaired) electrons. The third kappa shape index (κ3) is 6.93. The Balaban J connectivity index is 0.00000387. The molecule has 6 nitrogen and oxygen atoms in total. The van der Waals surface area contributed by atoms with Crippen molar-refractivity contribution in [2.45, 2.75) is 56.6 Å². The first-order chi connectivity index (χ1) is 19.4. The molecule has 1 saturated carbocycles. The van der Waals surface area contributed by atoms with E-state index in [0.29, 0.717) is 19.6 Å². The molecule has 1 aliphatic heterocycles. The summed E-state index contributed by atoms with van der Waals surface area (Å²) in [7, 11) is -1.13. The van der Waals surface area contributed by atoms with Gasteiger partial charge in [-0.05, 0) is 21.0 Å². The van der Waals surface area contributed by atoms with Gasteiger partial charge in [0.05, 0.1) is 24.9 Å². The molecule has 0 spiro atoms. The normalized spacial score (nSPS) is 23.9.